The van der Waals surface area contributed by atoms with E-state index in [0.717, 1.165) is 0 Å². The first-order valence-electron chi connectivity index (χ1n) is 6.83. The molecule has 2 aromatic rings. The fraction of sp³-hybridized carbons (Fsp3) is 0.176. The van der Waals surface area contributed by atoms with Crippen molar-refractivity contribution in [3.8, 4) is 11.5 Å². The van der Waals surface area contributed by atoms with Gasteiger partial charge < -0.3 is 14.2 Å². The highest BCUT2D eigenvalue weighted by Crippen LogP contribution is 2.25. The van der Waals surface area contributed by atoms with Crippen LogP contribution in [0.5, 0.6) is 11.5 Å². The summed E-state index contributed by atoms with van der Waals surface area (Å²) in [6.45, 7) is -0.439. The van der Waals surface area contributed by atoms with Crippen molar-refractivity contribution in [3.63, 3.8) is 0 Å². The molecule has 2 rings (SSSR count). The molecule has 5 nitrogen and oxygen atoms in total. The number of carbonyl (C=O) groups excluding carboxylic acids is 2. The van der Waals surface area contributed by atoms with Gasteiger partial charge in [-0.05, 0) is 36.4 Å². The predicted octanol–water partition coefficient (Wildman–Crippen LogP) is 4.16. The Morgan fingerprint density at radius 3 is 2.46 bits per heavy atom. The van der Waals surface area contributed by atoms with Gasteiger partial charge in [0, 0.05) is 4.47 Å². The van der Waals surface area contributed by atoms with Crippen molar-refractivity contribution in [1.82, 2.24) is 0 Å². The van der Waals surface area contributed by atoms with E-state index in [1.54, 1.807) is 24.3 Å². The van der Waals surface area contributed by atoms with E-state index >= 15 is 0 Å². The van der Waals surface area contributed by atoms with E-state index in [0.29, 0.717) is 16.0 Å². The topological polar surface area (TPSA) is 61.8 Å². The van der Waals surface area contributed by atoms with Gasteiger partial charge in [-0.3, -0.25) is 4.79 Å². The van der Waals surface area contributed by atoms with Gasteiger partial charge in [0.15, 0.2) is 6.61 Å². The molecular weight excluding hydrogens is 400 g/mol. The monoisotopic (exact) mass is 412 g/mol. The maximum atomic E-state index is 12.3. The number of esters is 1. The molecule has 0 spiro atoms. The molecule has 0 saturated carbocycles. The molecule has 0 aliphatic carbocycles. The van der Waals surface area contributed by atoms with Gasteiger partial charge in [-0.2, -0.15) is 0 Å². The van der Waals surface area contributed by atoms with Gasteiger partial charge in [-0.1, -0.05) is 27.5 Å². The molecule has 0 aromatic heterocycles. The smallest absolute Gasteiger partial charge is 0.340 e. The van der Waals surface area contributed by atoms with E-state index in [1.165, 1.54) is 26.4 Å². The molecule has 24 heavy (non-hydrogen) atoms. The molecule has 0 heterocycles. The van der Waals surface area contributed by atoms with Gasteiger partial charge >= 0.3 is 5.97 Å². The zero-order chi connectivity index (χ0) is 17.7. The van der Waals surface area contributed by atoms with E-state index in [-0.39, 0.29) is 16.1 Å². The lowest BCUT2D eigenvalue weighted by Crippen LogP contribution is -2.15. The number of methoxy groups -OCH3 is 2. The summed E-state index contributed by atoms with van der Waals surface area (Å²) in [5, 5.41) is 0.245. The summed E-state index contributed by atoms with van der Waals surface area (Å²) in [6, 6.07) is 9.60. The highest BCUT2D eigenvalue weighted by Gasteiger charge is 2.18. The van der Waals surface area contributed by atoms with E-state index in [4.69, 9.17) is 25.8 Å². The van der Waals surface area contributed by atoms with Gasteiger partial charge in [0.1, 0.15) is 11.5 Å². The van der Waals surface area contributed by atoms with E-state index in [1.807, 2.05) is 0 Å². The van der Waals surface area contributed by atoms with Crippen LogP contribution >= 0.6 is 27.5 Å². The van der Waals surface area contributed by atoms with Gasteiger partial charge in [0.2, 0.25) is 5.78 Å². The van der Waals surface area contributed by atoms with Crippen LogP contribution in [0.3, 0.4) is 0 Å². The molecule has 0 unspecified atom stereocenters. The Morgan fingerprint density at radius 1 is 1.04 bits per heavy atom. The van der Waals surface area contributed by atoms with Gasteiger partial charge in [-0.15, -0.1) is 0 Å². The van der Waals surface area contributed by atoms with Gasteiger partial charge in [-0.25, -0.2) is 4.79 Å². The fourth-order valence-electron chi connectivity index (χ4n) is 1.97. The Kier molecular flexibility index (Phi) is 6.23. The molecule has 126 valence electrons. The van der Waals surface area contributed by atoms with Gasteiger partial charge in [0.05, 0.1) is 30.4 Å². The van der Waals surface area contributed by atoms with E-state index in [2.05, 4.69) is 15.9 Å². The minimum atomic E-state index is -0.684. The number of carbonyl (C=O) groups is 2. The summed E-state index contributed by atoms with van der Waals surface area (Å²) in [7, 11) is 2.94. The van der Waals surface area contributed by atoms with Crippen molar-refractivity contribution in [2.24, 2.45) is 0 Å². The van der Waals surface area contributed by atoms with Crippen LogP contribution in [-0.4, -0.2) is 32.6 Å². The summed E-state index contributed by atoms with van der Waals surface area (Å²) >= 11 is 9.22. The number of benzene rings is 2. The van der Waals surface area contributed by atoms with Crippen molar-refractivity contribution in [2.75, 3.05) is 20.8 Å². The molecule has 2 aromatic carbocycles. The van der Waals surface area contributed by atoms with Crippen molar-refractivity contribution < 1.29 is 23.8 Å². The minimum Gasteiger partial charge on any atom is -0.497 e. The number of halogens is 2. The average molecular weight is 414 g/mol. The quantitative estimate of drug-likeness (QED) is 0.526. The normalized spacial score (nSPS) is 10.2. The standard InChI is InChI=1S/C17H14BrClO5/c1-22-11-4-6-16(23-2)13(8-11)15(20)9-24-17(21)12-7-10(18)3-5-14(12)19/h3-8H,9H2,1-2H3. The Balaban J connectivity index is 2.13. The molecule has 7 heteroatoms. The first-order valence-corrected chi connectivity index (χ1v) is 8.00. The third-order valence-corrected chi connectivity index (χ3v) is 4.01. The van der Waals surface area contributed by atoms with E-state index < -0.39 is 18.4 Å². The third-order valence-electron chi connectivity index (χ3n) is 3.19. The Hall–Kier alpha value is -2.05. The Labute approximate surface area is 152 Å². The molecular formula is C17H14BrClO5. The first kappa shape index (κ1) is 18.3. The number of hydrogen-bond acceptors (Lipinski definition) is 5. The number of rotatable bonds is 6. The molecule has 0 aliphatic heterocycles. The predicted molar refractivity (Wildman–Crippen MR) is 93.3 cm³/mol. The summed E-state index contributed by atoms with van der Waals surface area (Å²) < 4.78 is 16.0. The fourth-order valence-corrected chi connectivity index (χ4v) is 2.53. The SMILES string of the molecule is COc1ccc(OC)c(C(=O)COC(=O)c2cc(Br)ccc2Cl)c1. The third kappa shape index (κ3) is 4.27. The second-order valence-corrected chi connectivity index (χ2v) is 6.01. The second kappa shape index (κ2) is 8.17. The van der Waals surface area contributed by atoms with Gasteiger partial charge in [0.25, 0.3) is 0 Å². The van der Waals surface area contributed by atoms with Crippen molar-refractivity contribution in [2.45, 2.75) is 0 Å². The van der Waals surface area contributed by atoms with Crippen LogP contribution in [0.25, 0.3) is 0 Å². The van der Waals surface area contributed by atoms with E-state index in [9.17, 15) is 9.59 Å². The molecule has 0 radical (unpaired) electrons. The molecule has 0 fully saturated rings. The maximum Gasteiger partial charge on any atom is 0.340 e. The minimum absolute atomic E-state index is 0.177. The summed E-state index contributed by atoms with van der Waals surface area (Å²) in [5.74, 6) is -0.223. The number of hydrogen-bond donors (Lipinski definition) is 0. The van der Waals surface area contributed by atoms with Crippen molar-refractivity contribution in [1.29, 1.82) is 0 Å². The zero-order valence-electron chi connectivity index (χ0n) is 13.0. The van der Waals surface area contributed by atoms with Crippen molar-refractivity contribution in [3.05, 3.63) is 57.0 Å². The summed E-state index contributed by atoms with van der Waals surface area (Å²) in [6.07, 6.45) is 0. The van der Waals surface area contributed by atoms with Crippen LogP contribution in [0.2, 0.25) is 5.02 Å². The van der Waals surface area contributed by atoms with Crippen LogP contribution in [0.15, 0.2) is 40.9 Å². The summed E-state index contributed by atoms with van der Waals surface area (Å²) in [5.41, 5.74) is 0.446. The highest BCUT2D eigenvalue weighted by molar-refractivity contribution is 9.10. The van der Waals surface area contributed by atoms with Crippen LogP contribution in [0.4, 0.5) is 0 Å². The average Bonchev–Trinajstić information content (AvgIpc) is 2.60. The number of ether oxygens (including phenoxy) is 3. The molecule has 0 N–H and O–H groups in total. The molecule has 0 saturated heterocycles. The molecule has 0 aliphatic rings. The molecule has 0 atom stereocenters. The largest absolute Gasteiger partial charge is 0.497 e. The summed E-state index contributed by atoms with van der Waals surface area (Å²) in [4.78, 5) is 24.4. The Bertz CT molecular complexity index is 776. The van der Waals surface area contributed by atoms with Crippen LogP contribution in [0, 0.1) is 0 Å². The zero-order valence-corrected chi connectivity index (χ0v) is 15.3. The maximum absolute atomic E-state index is 12.3. The second-order valence-electron chi connectivity index (χ2n) is 4.69. The van der Waals surface area contributed by atoms with Crippen LogP contribution in [-0.2, 0) is 4.74 Å². The lowest BCUT2D eigenvalue weighted by molar-refractivity contribution is 0.0474. The first-order chi connectivity index (χ1) is 11.5. The van der Waals surface area contributed by atoms with Crippen LogP contribution < -0.4 is 9.47 Å². The lowest BCUT2D eigenvalue weighted by atomic mass is 10.1. The number of ketones is 1. The molecule has 0 bridgehead atoms. The number of Topliss-reactive ketones (excluding diaryl/α,β-unsaturated/α-hetero) is 1. The van der Waals surface area contributed by atoms with Crippen LogP contribution in [0.1, 0.15) is 20.7 Å². The van der Waals surface area contributed by atoms with Crippen molar-refractivity contribution >= 4 is 39.3 Å². The highest BCUT2D eigenvalue weighted by atomic mass is 79.9. The lowest BCUT2D eigenvalue weighted by Gasteiger charge is -2.10. The molecule has 0 amide bonds. The Morgan fingerprint density at radius 2 is 1.79 bits per heavy atom.